The van der Waals surface area contributed by atoms with Crippen LogP contribution in [0.3, 0.4) is 0 Å². The van der Waals surface area contributed by atoms with E-state index in [4.69, 9.17) is 16.3 Å². The van der Waals surface area contributed by atoms with Crippen molar-refractivity contribution in [1.29, 1.82) is 0 Å². The normalized spacial score (nSPS) is 21.0. The lowest BCUT2D eigenvalue weighted by Gasteiger charge is -2.45. The third-order valence-corrected chi connectivity index (χ3v) is 4.86. The number of amides is 1. The van der Waals surface area contributed by atoms with Gasteiger partial charge in [0.25, 0.3) is 0 Å². The molecule has 0 N–H and O–H groups in total. The van der Waals surface area contributed by atoms with Crippen molar-refractivity contribution >= 4 is 23.2 Å². The molecular weight excluding hydrogens is 288 g/mol. The van der Waals surface area contributed by atoms with Crippen molar-refractivity contribution < 1.29 is 9.53 Å². The van der Waals surface area contributed by atoms with Gasteiger partial charge in [-0.25, -0.2) is 0 Å². The fourth-order valence-electron chi connectivity index (χ4n) is 3.00. The van der Waals surface area contributed by atoms with Crippen molar-refractivity contribution in [2.24, 2.45) is 5.41 Å². The highest BCUT2D eigenvalue weighted by Gasteiger charge is 2.46. The number of carbonyl (C=O) groups excluding carboxylic acids is 1. The van der Waals surface area contributed by atoms with Gasteiger partial charge >= 0.3 is 0 Å². The van der Waals surface area contributed by atoms with Gasteiger partial charge < -0.3 is 14.5 Å². The van der Waals surface area contributed by atoms with Gasteiger partial charge in [-0.15, -0.1) is 0 Å². The Morgan fingerprint density at radius 1 is 1.29 bits per heavy atom. The Balaban J connectivity index is 1.61. The first-order valence-corrected chi connectivity index (χ1v) is 7.90. The second kappa shape index (κ2) is 5.85. The van der Waals surface area contributed by atoms with E-state index in [-0.39, 0.29) is 11.3 Å². The van der Waals surface area contributed by atoms with Gasteiger partial charge in [0.2, 0.25) is 5.91 Å². The van der Waals surface area contributed by atoms with Crippen molar-refractivity contribution in [1.82, 2.24) is 4.90 Å². The Labute approximate surface area is 130 Å². The molecule has 1 amide bonds. The van der Waals surface area contributed by atoms with Gasteiger partial charge in [0.05, 0.1) is 18.6 Å². The molecule has 0 spiro atoms. The zero-order chi connectivity index (χ0) is 14.9. The average molecular weight is 309 g/mol. The Morgan fingerprint density at radius 2 is 2.00 bits per heavy atom. The largest absolute Gasteiger partial charge is 0.379 e. The SMILES string of the molecule is CCC1(C(=O)N2CCN(c3cccc(Cl)c3)CC2)COC1. The quantitative estimate of drug-likeness (QED) is 0.859. The van der Waals surface area contributed by atoms with Crippen molar-refractivity contribution in [3.05, 3.63) is 29.3 Å². The van der Waals surface area contributed by atoms with E-state index in [9.17, 15) is 4.79 Å². The van der Waals surface area contributed by atoms with E-state index in [1.54, 1.807) is 0 Å². The lowest BCUT2D eigenvalue weighted by atomic mass is 9.81. The molecule has 0 bridgehead atoms. The second-order valence-electron chi connectivity index (χ2n) is 5.89. The smallest absolute Gasteiger partial charge is 0.233 e. The number of rotatable bonds is 3. The fraction of sp³-hybridized carbons (Fsp3) is 0.562. The van der Waals surface area contributed by atoms with E-state index < -0.39 is 0 Å². The summed E-state index contributed by atoms with van der Waals surface area (Å²) < 4.78 is 5.27. The standard InChI is InChI=1S/C16H21ClN2O2/c1-2-16(11-21-12-16)15(20)19-8-6-18(7-9-19)14-5-3-4-13(17)10-14/h3-5,10H,2,6-9,11-12H2,1H3. The monoisotopic (exact) mass is 308 g/mol. The molecule has 1 aromatic rings. The minimum atomic E-state index is -0.252. The van der Waals surface area contributed by atoms with E-state index in [0.717, 1.165) is 43.3 Å². The van der Waals surface area contributed by atoms with Gasteiger partial charge in [0.15, 0.2) is 0 Å². The van der Waals surface area contributed by atoms with Crippen LogP contribution in [0.2, 0.25) is 5.02 Å². The Kier molecular flexibility index (Phi) is 4.09. The maximum atomic E-state index is 12.6. The summed E-state index contributed by atoms with van der Waals surface area (Å²) in [6.45, 7) is 6.48. The zero-order valence-corrected chi connectivity index (χ0v) is 13.1. The van der Waals surface area contributed by atoms with Gasteiger partial charge in [-0.05, 0) is 24.6 Å². The molecule has 0 radical (unpaired) electrons. The van der Waals surface area contributed by atoms with Crippen LogP contribution in [-0.4, -0.2) is 50.2 Å². The molecule has 1 aromatic carbocycles. The summed E-state index contributed by atoms with van der Waals surface area (Å²) in [6, 6.07) is 7.89. The number of nitrogens with zero attached hydrogens (tertiary/aromatic N) is 2. The molecule has 0 atom stereocenters. The molecule has 0 saturated carbocycles. The third-order valence-electron chi connectivity index (χ3n) is 4.63. The molecule has 2 fully saturated rings. The molecule has 2 saturated heterocycles. The first kappa shape index (κ1) is 14.7. The van der Waals surface area contributed by atoms with Crippen LogP contribution < -0.4 is 4.90 Å². The summed E-state index contributed by atoms with van der Waals surface area (Å²) in [7, 11) is 0. The summed E-state index contributed by atoms with van der Waals surface area (Å²) in [4.78, 5) is 16.9. The molecule has 2 aliphatic rings. The molecular formula is C16H21ClN2O2. The summed E-state index contributed by atoms with van der Waals surface area (Å²) in [6.07, 6.45) is 0.861. The Bertz CT molecular complexity index is 517. The summed E-state index contributed by atoms with van der Waals surface area (Å²) in [5.41, 5.74) is 0.880. The predicted molar refractivity (Wildman–Crippen MR) is 83.8 cm³/mol. The highest BCUT2D eigenvalue weighted by atomic mass is 35.5. The maximum absolute atomic E-state index is 12.6. The topological polar surface area (TPSA) is 32.8 Å². The first-order valence-electron chi connectivity index (χ1n) is 7.52. The summed E-state index contributed by atoms with van der Waals surface area (Å²) in [5.74, 6) is 0.266. The van der Waals surface area contributed by atoms with Gasteiger partial charge in [-0.1, -0.05) is 24.6 Å². The van der Waals surface area contributed by atoms with E-state index in [1.807, 2.05) is 23.1 Å². The maximum Gasteiger partial charge on any atom is 0.233 e. The second-order valence-corrected chi connectivity index (χ2v) is 6.32. The molecule has 114 valence electrons. The van der Waals surface area contributed by atoms with Crippen LogP contribution in [0.25, 0.3) is 0 Å². The van der Waals surface area contributed by atoms with E-state index in [1.165, 1.54) is 0 Å². The Morgan fingerprint density at radius 3 is 2.52 bits per heavy atom. The van der Waals surface area contributed by atoms with Crippen molar-refractivity contribution in [2.45, 2.75) is 13.3 Å². The van der Waals surface area contributed by atoms with Crippen molar-refractivity contribution in [3.63, 3.8) is 0 Å². The number of ether oxygens (including phenoxy) is 1. The fourth-order valence-corrected chi connectivity index (χ4v) is 3.19. The summed E-state index contributed by atoms with van der Waals surface area (Å²) >= 11 is 6.04. The van der Waals surface area contributed by atoms with E-state index in [0.29, 0.717) is 13.2 Å². The van der Waals surface area contributed by atoms with E-state index >= 15 is 0 Å². The molecule has 0 unspecified atom stereocenters. The summed E-state index contributed by atoms with van der Waals surface area (Å²) in [5, 5.41) is 0.752. The van der Waals surface area contributed by atoms with Crippen molar-refractivity contribution in [3.8, 4) is 0 Å². The minimum absolute atomic E-state index is 0.252. The number of hydrogen-bond acceptors (Lipinski definition) is 3. The molecule has 5 heteroatoms. The van der Waals surface area contributed by atoms with Crippen LogP contribution >= 0.6 is 11.6 Å². The average Bonchev–Trinajstić information content (AvgIpc) is 2.47. The molecule has 2 heterocycles. The molecule has 4 nitrogen and oxygen atoms in total. The lowest BCUT2D eigenvalue weighted by Crippen LogP contribution is -2.59. The molecule has 2 aliphatic heterocycles. The number of piperazine rings is 1. The Hall–Kier alpha value is -1.26. The van der Waals surface area contributed by atoms with Crippen LogP contribution in [0.1, 0.15) is 13.3 Å². The van der Waals surface area contributed by atoms with Crippen LogP contribution in [-0.2, 0) is 9.53 Å². The van der Waals surface area contributed by atoms with Crippen molar-refractivity contribution in [2.75, 3.05) is 44.3 Å². The number of carbonyl (C=O) groups is 1. The predicted octanol–water partition coefficient (Wildman–Crippen LogP) is 2.42. The highest BCUT2D eigenvalue weighted by Crippen LogP contribution is 2.34. The number of halogens is 1. The van der Waals surface area contributed by atoms with Gasteiger partial charge in [0.1, 0.15) is 0 Å². The van der Waals surface area contributed by atoms with Gasteiger partial charge in [-0.2, -0.15) is 0 Å². The molecule has 21 heavy (non-hydrogen) atoms. The number of hydrogen-bond donors (Lipinski definition) is 0. The number of benzene rings is 1. The van der Waals surface area contributed by atoms with Gasteiger partial charge in [0, 0.05) is 36.9 Å². The molecule has 0 aliphatic carbocycles. The lowest BCUT2D eigenvalue weighted by molar-refractivity contribution is -0.173. The van der Waals surface area contributed by atoms with Crippen LogP contribution in [0.15, 0.2) is 24.3 Å². The van der Waals surface area contributed by atoms with Crippen LogP contribution in [0.5, 0.6) is 0 Å². The molecule has 0 aromatic heterocycles. The zero-order valence-electron chi connectivity index (χ0n) is 12.3. The van der Waals surface area contributed by atoms with E-state index in [2.05, 4.69) is 17.9 Å². The number of anilines is 1. The van der Waals surface area contributed by atoms with Crippen LogP contribution in [0.4, 0.5) is 5.69 Å². The third kappa shape index (κ3) is 2.74. The van der Waals surface area contributed by atoms with Gasteiger partial charge in [-0.3, -0.25) is 4.79 Å². The molecule has 3 rings (SSSR count). The first-order chi connectivity index (χ1) is 10.1. The van der Waals surface area contributed by atoms with Crippen LogP contribution in [0, 0.1) is 5.41 Å². The minimum Gasteiger partial charge on any atom is -0.379 e. The highest BCUT2D eigenvalue weighted by molar-refractivity contribution is 6.30.